The van der Waals surface area contributed by atoms with Crippen molar-refractivity contribution < 1.29 is 14.0 Å². The summed E-state index contributed by atoms with van der Waals surface area (Å²) >= 11 is 6.02. The Labute approximate surface area is 128 Å². The third-order valence-electron chi connectivity index (χ3n) is 3.76. The molecule has 1 heterocycles. The second kappa shape index (κ2) is 6.43. The molecule has 0 radical (unpaired) electrons. The van der Waals surface area contributed by atoms with Gasteiger partial charge in [-0.05, 0) is 25.0 Å². The van der Waals surface area contributed by atoms with Crippen LogP contribution in [-0.2, 0) is 16.1 Å². The molecule has 0 saturated carbocycles. The molecule has 2 unspecified atom stereocenters. The highest BCUT2D eigenvalue weighted by Gasteiger charge is 2.39. The SMILES string of the molecule is CCC1NC(=O)C(CC)N(Cc2c(F)cccc2Cl)C1=O. The topological polar surface area (TPSA) is 49.4 Å². The molecular formula is C15H18ClFN2O2. The van der Waals surface area contributed by atoms with E-state index in [1.807, 2.05) is 13.8 Å². The monoisotopic (exact) mass is 312 g/mol. The highest BCUT2D eigenvalue weighted by atomic mass is 35.5. The molecule has 2 atom stereocenters. The predicted octanol–water partition coefficient (Wildman–Crippen LogP) is 2.49. The Morgan fingerprint density at radius 2 is 2.00 bits per heavy atom. The molecule has 1 fully saturated rings. The van der Waals surface area contributed by atoms with E-state index in [-0.39, 0.29) is 28.9 Å². The highest BCUT2D eigenvalue weighted by Crippen LogP contribution is 2.24. The van der Waals surface area contributed by atoms with Crippen molar-refractivity contribution in [3.63, 3.8) is 0 Å². The molecule has 1 N–H and O–H groups in total. The van der Waals surface area contributed by atoms with Gasteiger partial charge in [-0.2, -0.15) is 0 Å². The lowest BCUT2D eigenvalue weighted by Gasteiger charge is -2.38. The van der Waals surface area contributed by atoms with Crippen molar-refractivity contribution in [1.82, 2.24) is 10.2 Å². The van der Waals surface area contributed by atoms with Gasteiger partial charge in [-0.15, -0.1) is 0 Å². The van der Waals surface area contributed by atoms with Crippen molar-refractivity contribution >= 4 is 23.4 Å². The van der Waals surface area contributed by atoms with Crippen molar-refractivity contribution in [2.75, 3.05) is 0 Å². The van der Waals surface area contributed by atoms with Crippen molar-refractivity contribution in [2.24, 2.45) is 0 Å². The van der Waals surface area contributed by atoms with E-state index in [4.69, 9.17) is 11.6 Å². The fraction of sp³-hybridized carbons (Fsp3) is 0.467. The van der Waals surface area contributed by atoms with E-state index >= 15 is 0 Å². The lowest BCUT2D eigenvalue weighted by molar-refractivity contribution is -0.150. The molecule has 1 aromatic rings. The van der Waals surface area contributed by atoms with Gasteiger partial charge in [-0.1, -0.05) is 31.5 Å². The molecule has 4 nitrogen and oxygen atoms in total. The number of rotatable bonds is 4. The smallest absolute Gasteiger partial charge is 0.246 e. The first-order valence-electron chi connectivity index (χ1n) is 7.03. The van der Waals surface area contributed by atoms with Crippen LogP contribution in [0.15, 0.2) is 18.2 Å². The first kappa shape index (κ1) is 15.8. The molecule has 1 aliphatic heterocycles. The largest absolute Gasteiger partial charge is 0.343 e. The highest BCUT2D eigenvalue weighted by molar-refractivity contribution is 6.31. The molecule has 2 rings (SSSR count). The van der Waals surface area contributed by atoms with Gasteiger partial charge in [0, 0.05) is 10.6 Å². The van der Waals surface area contributed by atoms with E-state index in [1.54, 1.807) is 6.07 Å². The summed E-state index contributed by atoms with van der Waals surface area (Å²) in [7, 11) is 0. The van der Waals surface area contributed by atoms with Crippen LogP contribution in [0, 0.1) is 5.82 Å². The van der Waals surface area contributed by atoms with Crippen LogP contribution in [0.25, 0.3) is 0 Å². The molecule has 1 aliphatic rings. The molecule has 0 aliphatic carbocycles. The number of hydrogen-bond donors (Lipinski definition) is 1. The molecule has 0 bridgehead atoms. The normalized spacial score (nSPS) is 22.4. The number of hydrogen-bond acceptors (Lipinski definition) is 2. The van der Waals surface area contributed by atoms with Crippen molar-refractivity contribution in [1.29, 1.82) is 0 Å². The lowest BCUT2D eigenvalue weighted by atomic mass is 10.0. The Kier molecular flexibility index (Phi) is 4.83. The molecule has 114 valence electrons. The summed E-state index contributed by atoms with van der Waals surface area (Å²) in [5.74, 6) is -0.858. The van der Waals surface area contributed by atoms with Crippen LogP contribution < -0.4 is 5.32 Å². The average molecular weight is 313 g/mol. The number of nitrogens with zero attached hydrogens (tertiary/aromatic N) is 1. The van der Waals surface area contributed by atoms with Crippen LogP contribution in [0.5, 0.6) is 0 Å². The molecule has 6 heteroatoms. The molecular weight excluding hydrogens is 295 g/mol. The maximum Gasteiger partial charge on any atom is 0.246 e. The van der Waals surface area contributed by atoms with Crippen molar-refractivity contribution in [3.05, 3.63) is 34.6 Å². The number of piperazine rings is 1. The Bertz CT molecular complexity index is 544. The minimum absolute atomic E-state index is 0.00671. The fourth-order valence-corrected chi connectivity index (χ4v) is 2.77. The van der Waals surface area contributed by atoms with E-state index < -0.39 is 17.9 Å². The Morgan fingerprint density at radius 1 is 1.29 bits per heavy atom. The van der Waals surface area contributed by atoms with Gasteiger partial charge in [0.1, 0.15) is 17.9 Å². The first-order chi connectivity index (χ1) is 9.99. The first-order valence-corrected chi connectivity index (χ1v) is 7.41. The summed E-state index contributed by atoms with van der Waals surface area (Å²) in [5, 5.41) is 2.97. The number of nitrogens with one attached hydrogen (secondary N) is 1. The summed E-state index contributed by atoms with van der Waals surface area (Å²) in [4.78, 5) is 26.0. The van der Waals surface area contributed by atoms with Gasteiger partial charge in [0.05, 0.1) is 6.54 Å². The summed E-state index contributed by atoms with van der Waals surface area (Å²) in [6, 6.07) is 3.25. The second-order valence-corrected chi connectivity index (χ2v) is 5.47. The maximum atomic E-state index is 13.9. The van der Waals surface area contributed by atoms with Gasteiger partial charge in [0.15, 0.2) is 0 Å². The van der Waals surface area contributed by atoms with Gasteiger partial charge in [-0.3, -0.25) is 9.59 Å². The predicted molar refractivity (Wildman–Crippen MR) is 78.3 cm³/mol. The van der Waals surface area contributed by atoms with Gasteiger partial charge >= 0.3 is 0 Å². The minimum Gasteiger partial charge on any atom is -0.343 e. The third-order valence-corrected chi connectivity index (χ3v) is 4.12. The van der Waals surface area contributed by atoms with Gasteiger partial charge in [-0.25, -0.2) is 4.39 Å². The number of carbonyl (C=O) groups excluding carboxylic acids is 2. The van der Waals surface area contributed by atoms with Crippen LogP contribution in [0.2, 0.25) is 5.02 Å². The number of carbonyl (C=O) groups is 2. The Balaban J connectivity index is 2.33. The zero-order valence-electron chi connectivity index (χ0n) is 12.0. The van der Waals surface area contributed by atoms with Crippen molar-refractivity contribution in [2.45, 2.75) is 45.3 Å². The molecule has 2 amide bonds. The lowest BCUT2D eigenvalue weighted by Crippen LogP contribution is -2.62. The summed E-state index contributed by atoms with van der Waals surface area (Å²) in [6.45, 7) is 3.65. The Hall–Kier alpha value is -1.62. The van der Waals surface area contributed by atoms with E-state index in [0.717, 1.165) is 0 Å². The summed E-state index contributed by atoms with van der Waals surface area (Å²) < 4.78 is 13.9. The zero-order valence-corrected chi connectivity index (χ0v) is 12.8. The van der Waals surface area contributed by atoms with Crippen LogP contribution >= 0.6 is 11.6 Å². The molecule has 21 heavy (non-hydrogen) atoms. The maximum absolute atomic E-state index is 13.9. The van der Waals surface area contributed by atoms with Crippen LogP contribution in [0.3, 0.4) is 0 Å². The minimum atomic E-state index is -0.587. The Morgan fingerprint density at radius 3 is 2.57 bits per heavy atom. The van der Waals surface area contributed by atoms with E-state index in [2.05, 4.69) is 5.32 Å². The van der Waals surface area contributed by atoms with Crippen LogP contribution in [0.1, 0.15) is 32.3 Å². The van der Waals surface area contributed by atoms with E-state index in [1.165, 1.54) is 17.0 Å². The van der Waals surface area contributed by atoms with Crippen LogP contribution in [-0.4, -0.2) is 28.8 Å². The number of halogens is 2. The fourth-order valence-electron chi connectivity index (χ4n) is 2.55. The molecule has 1 aromatic carbocycles. The zero-order chi connectivity index (χ0) is 15.6. The van der Waals surface area contributed by atoms with Gasteiger partial charge in [0.2, 0.25) is 11.8 Å². The second-order valence-electron chi connectivity index (χ2n) is 5.06. The third kappa shape index (κ3) is 3.02. The van der Waals surface area contributed by atoms with Gasteiger partial charge < -0.3 is 10.2 Å². The van der Waals surface area contributed by atoms with Gasteiger partial charge in [0.25, 0.3) is 0 Å². The quantitative estimate of drug-likeness (QED) is 0.928. The number of benzene rings is 1. The van der Waals surface area contributed by atoms with Crippen LogP contribution in [0.4, 0.5) is 4.39 Å². The summed E-state index contributed by atoms with van der Waals surface area (Å²) in [6.07, 6.45) is 0.975. The standard InChI is InChI=1S/C15H18ClFN2O2/c1-3-12-15(21)19(13(4-2)14(20)18-12)8-9-10(16)6-5-7-11(9)17/h5-7,12-13H,3-4,8H2,1-2H3,(H,18,20). The summed E-state index contributed by atoms with van der Waals surface area (Å²) in [5.41, 5.74) is 0.246. The van der Waals surface area contributed by atoms with E-state index in [9.17, 15) is 14.0 Å². The number of amides is 2. The van der Waals surface area contributed by atoms with Crippen molar-refractivity contribution in [3.8, 4) is 0 Å². The molecule has 0 aromatic heterocycles. The van der Waals surface area contributed by atoms with E-state index in [0.29, 0.717) is 12.8 Å². The molecule has 1 saturated heterocycles. The molecule has 0 spiro atoms. The average Bonchev–Trinajstić information content (AvgIpc) is 2.46.